The van der Waals surface area contributed by atoms with Crippen molar-refractivity contribution < 1.29 is 0 Å². The summed E-state index contributed by atoms with van der Waals surface area (Å²) in [5.41, 5.74) is 8.87. The van der Waals surface area contributed by atoms with Crippen molar-refractivity contribution in [1.29, 1.82) is 0 Å². The molecular formula is C14H22N2. The number of nitrogens with two attached hydrogens (primary N) is 1. The molecule has 0 bridgehead atoms. The Balaban J connectivity index is 2.12. The number of rotatable bonds is 3. The van der Waals surface area contributed by atoms with Gasteiger partial charge in [-0.15, -0.1) is 0 Å². The first kappa shape index (κ1) is 11.6. The predicted molar refractivity (Wildman–Crippen MR) is 68.2 cm³/mol. The summed E-state index contributed by atoms with van der Waals surface area (Å²) in [4.78, 5) is 2.53. The summed E-state index contributed by atoms with van der Waals surface area (Å²) in [6.07, 6.45) is 1.17. The average Bonchev–Trinajstić information content (AvgIpc) is 2.29. The molecule has 2 rings (SSSR count). The Morgan fingerprint density at radius 2 is 1.94 bits per heavy atom. The van der Waals surface area contributed by atoms with E-state index < -0.39 is 0 Å². The quantitative estimate of drug-likeness (QED) is 0.841. The number of benzene rings is 1. The minimum Gasteiger partial charge on any atom is -0.329 e. The van der Waals surface area contributed by atoms with E-state index in [4.69, 9.17) is 5.73 Å². The lowest BCUT2D eigenvalue weighted by Gasteiger charge is -2.37. The maximum Gasteiger partial charge on any atom is 0.0245 e. The highest BCUT2D eigenvalue weighted by Gasteiger charge is 2.24. The van der Waals surface area contributed by atoms with Crippen LogP contribution in [0.3, 0.4) is 0 Å². The molecule has 0 unspecified atom stereocenters. The van der Waals surface area contributed by atoms with E-state index in [-0.39, 0.29) is 0 Å². The fourth-order valence-corrected chi connectivity index (χ4v) is 2.64. The summed E-state index contributed by atoms with van der Waals surface area (Å²) in [5, 5.41) is 0. The van der Waals surface area contributed by atoms with Gasteiger partial charge in [0.2, 0.25) is 0 Å². The maximum atomic E-state index is 5.88. The van der Waals surface area contributed by atoms with E-state index >= 15 is 0 Å². The highest BCUT2D eigenvalue weighted by molar-refractivity contribution is 5.29. The van der Waals surface area contributed by atoms with Crippen molar-refractivity contribution in [3.05, 3.63) is 35.4 Å². The molecule has 0 saturated carbocycles. The highest BCUT2D eigenvalue weighted by atomic mass is 15.2. The lowest BCUT2D eigenvalue weighted by atomic mass is 9.95. The van der Waals surface area contributed by atoms with Gasteiger partial charge in [0.25, 0.3) is 0 Å². The van der Waals surface area contributed by atoms with Gasteiger partial charge in [0, 0.05) is 25.7 Å². The third-order valence-electron chi connectivity index (χ3n) is 3.64. The molecule has 0 spiro atoms. The third-order valence-corrected chi connectivity index (χ3v) is 3.64. The highest BCUT2D eigenvalue weighted by Crippen LogP contribution is 2.22. The Morgan fingerprint density at radius 3 is 2.56 bits per heavy atom. The molecule has 0 fully saturated rings. The first-order chi connectivity index (χ1) is 7.72. The Bertz CT molecular complexity index is 346. The Kier molecular flexibility index (Phi) is 3.62. The van der Waals surface area contributed by atoms with Crippen molar-refractivity contribution in [1.82, 2.24) is 4.90 Å². The van der Waals surface area contributed by atoms with E-state index in [1.807, 2.05) is 0 Å². The summed E-state index contributed by atoms with van der Waals surface area (Å²) in [7, 11) is 0. The van der Waals surface area contributed by atoms with Gasteiger partial charge in [-0.25, -0.2) is 0 Å². The van der Waals surface area contributed by atoms with Crippen LogP contribution in [0.25, 0.3) is 0 Å². The second kappa shape index (κ2) is 4.98. The van der Waals surface area contributed by atoms with Gasteiger partial charge < -0.3 is 5.73 Å². The zero-order valence-corrected chi connectivity index (χ0v) is 10.3. The molecule has 1 atom stereocenters. The topological polar surface area (TPSA) is 29.3 Å². The van der Waals surface area contributed by atoms with Crippen LogP contribution in [0.15, 0.2) is 24.3 Å². The first-order valence-corrected chi connectivity index (χ1v) is 6.23. The fraction of sp³-hybridized carbons (Fsp3) is 0.571. The summed E-state index contributed by atoms with van der Waals surface area (Å²) in [5.74, 6) is 0.635. The number of fused-ring (bicyclic) bond motifs is 1. The monoisotopic (exact) mass is 218 g/mol. The fourth-order valence-electron chi connectivity index (χ4n) is 2.64. The summed E-state index contributed by atoms with van der Waals surface area (Å²) < 4.78 is 0. The van der Waals surface area contributed by atoms with Crippen LogP contribution >= 0.6 is 0 Å². The van der Waals surface area contributed by atoms with Crippen molar-refractivity contribution in [2.75, 3.05) is 13.1 Å². The summed E-state index contributed by atoms with van der Waals surface area (Å²) in [6, 6.07) is 9.29. The molecule has 0 aromatic heterocycles. The molecule has 2 heteroatoms. The largest absolute Gasteiger partial charge is 0.329 e. The maximum absolute atomic E-state index is 5.88. The molecule has 2 N–H and O–H groups in total. The van der Waals surface area contributed by atoms with Gasteiger partial charge in [-0.2, -0.15) is 0 Å². The normalized spacial score (nSPS) is 18.5. The SMILES string of the molecule is CC(C)[C@@H](CN)N1CCc2ccccc2C1. The van der Waals surface area contributed by atoms with Crippen LogP contribution in [0.4, 0.5) is 0 Å². The zero-order chi connectivity index (χ0) is 11.5. The van der Waals surface area contributed by atoms with Crippen LogP contribution in [0, 0.1) is 5.92 Å². The minimum absolute atomic E-state index is 0.522. The molecule has 1 aliphatic rings. The molecule has 1 heterocycles. The van der Waals surface area contributed by atoms with Crippen molar-refractivity contribution in [3.8, 4) is 0 Å². The van der Waals surface area contributed by atoms with Crippen LogP contribution in [0.5, 0.6) is 0 Å². The minimum atomic E-state index is 0.522. The van der Waals surface area contributed by atoms with Crippen LogP contribution in [0.1, 0.15) is 25.0 Å². The Morgan fingerprint density at radius 1 is 1.25 bits per heavy atom. The van der Waals surface area contributed by atoms with Gasteiger partial charge in [0.15, 0.2) is 0 Å². The number of hydrogen-bond donors (Lipinski definition) is 1. The van der Waals surface area contributed by atoms with Crippen LogP contribution in [-0.2, 0) is 13.0 Å². The van der Waals surface area contributed by atoms with Gasteiger partial charge in [-0.05, 0) is 23.5 Å². The molecule has 1 aliphatic heterocycles. The molecule has 1 aromatic carbocycles. The average molecular weight is 218 g/mol. The van der Waals surface area contributed by atoms with Gasteiger partial charge >= 0.3 is 0 Å². The van der Waals surface area contributed by atoms with Crippen molar-refractivity contribution in [2.45, 2.75) is 32.9 Å². The van der Waals surface area contributed by atoms with E-state index in [0.29, 0.717) is 12.0 Å². The number of nitrogens with zero attached hydrogens (tertiary/aromatic N) is 1. The van der Waals surface area contributed by atoms with Crippen molar-refractivity contribution in [3.63, 3.8) is 0 Å². The van der Waals surface area contributed by atoms with Crippen LogP contribution in [0.2, 0.25) is 0 Å². The van der Waals surface area contributed by atoms with Crippen LogP contribution < -0.4 is 5.73 Å². The molecular weight excluding hydrogens is 196 g/mol. The van der Waals surface area contributed by atoms with E-state index in [1.54, 1.807) is 0 Å². The zero-order valence-electron chi connectivity index (χ0n) is 10.3. The van der Waals surface area contributed by atoms with Gasteiger partial charge in [-0.1, -0.05) is 38.1 Å². The van der Waals surface area contributed by atoms with E-state index in [2.05, 4.69) is 43.0 Å². The Labute approximate surface area is 98.4 Å². The first-order valence-electron chi connectivity index (χ1n) is 6.23. The standard InChI is InChI=1S/C14H22N2/c1-11(2)14(9-15)16-8-7-12-5-3-4-6-13(12)10-16/h3-6,11,14H,7-10,15H2,1-2H3/t14-/m1/s1. The van der Waals surface area contributed by atoms with Crippen molar-refractivity contribution in [2.24, 2.45) is 11.7 Å². The Hall–Kier alpha value is -0.860. The molecule has 0 amide bonds. The molecule has 88 valence electrons. The molecule has 16 heavy (non-hydrogen) atoms. The van der Waals surface area contributed by atoms with E-state index in [9.17, 15) is 0 Å². The van der Waals surface area contributed by atoms with E-state index in [1.165, 1.54) is 17.5 Å². The van der Waals surface area contributed by atoms with Gasteiger partial charge in [0.1, 0.15) is 0 Å². The molecule has 1 aromatic rings. The van der Waals surface area contributed by atoms with Gasteiger partial charge in [0.05, 0.1) is 0 Å². The lowest BCUT2D eigenvalue weighted by molar-refractivity contribution is 0.144. The summed E-state index contributed by atoms with van der Waals surface area (Å²) >= 11 is 0. The molecule has 0 saturated heterocycles. The molecule has 0 radical (unpaired) electrons. The lowest BCUT2D eigenvalue weighted by Crippen LogP contribution is -2.46. The second-order valence-corrected chi connectivity index (χ2v) is 5.04. The molecule has 2 nitrogen and oxygen atoms in total. The second-order valence-electron chi connectivity index (χ2n) is 5.04. The number of hydrogen-bond acceptors (Lipinski definition) is 2. The third kappa shape index (κ3) is 2.28. The molecule has 0 aliphatic carbocycles. The predicted octanol–water partition coefficient (Wildman–Crippen LogP) is 2.03. The smallest absolute Gasteiger partial charge is 0.0245 e. The van der Waals surface area contributed by atoms with Crippen molar-refractivity contribution >= 4 is 0 Å². The van der Waals surface area contributed by atoms with Gasteiger partial charge in [-0.3, -0.25) is 4.90 Å². The van der Waals surface area contributed by atoms with Crippen LogP contribution in [-0.4, -0.2) is 24.0 Å². The summed E-state index contributed by atoms with van der Waals surface area (Å²) in [6.45, 7) is 7.50. The van der Waals surface area contributed by atoms with E-state index in [0.717, 1.165) is 19.6 Å².